The predicted molar refractivity (Wildman–Crippen MR) is 157 cm³/mol. The second-order valence-corrected chi connectivity index (χ2v) is 10.3. The summed E-state index contributed by atoms with van der Waals surface area (Å²) in [7, 11) is 0. The summed E-state index contributed by atoms with van der Waals surface area (Å²) in [5.74, 6) is 0.511. The van der Waals surface area contributed by atoms with Crippen LogP contribution in [0, 0.1) is 0 Å². The number of esters is 1. The Morgan fingerprint density at radius 1 is 0.659 bits per heavy atom. The lowest BCUT2D eigenvalue weighted by Gasteiger charge is -2.19. The van der Waals surface area contributed by atoms with Gasteiger partial charge in [0.25, 0.3) is 0 Å². The third-order valence-corrected chi connectivity index (χ3v) is 5.34. The first-order chi connectivity index (χ1) is 19.8. The number of carbonyl (C=O) groups excluding carboxylic acids is 2. The maximum atomic E-state index is 12.2. The van der Waals surface area contributed by atoms with Crippen LogP contribution in [0.5, 0.6) is 5.75 Å². The molecule has 1 rings (SSSR count). The summed E-state index contributed by atoms with van der Waals surface area (Å²) < 4.78 is 37.9. The maximum absolute atomic E-state index is 12.2. The van der Waals surface area contributed by atoms with Crippen molar-refractivity contribution in [3.63, 3.8) is 0 Å². The van der Waals surface area contributed by atoms with Crippen LogP contribution in [-0.4, -0.2) is 96.7 Å². The number of hydrogen-bond acceptors (Lipinski definition) is 10. The van der Waals surface area contributed by atoms with Crippen molar-refractivity contribution in [3.05, 3.63) is 24.3 Å². The van der Waals surface area contributed by atoms with Gasteiger partial charge in [-0.3, -0.25) is 9.59 Å². The molecule has 236 valence electrons. The Morgan fingerprint density at radius 2 is 1.12 bits per heavy atom. The molecule has 1 aromatic rings. The number of ether oxygens (including phenoxy) is 7. The topological polar surface area (TPSA) is 137 Å². The minimum Gasteiger partial charge on any atom is -0.491 e. The van der Waals surface area contributed by atoms with E-state index in [1.165, 1.54) is 0 Å². The number of unbranched alkanes of at least 4 members (excludes halogenated alkanes) is 3. The van der Waals surface area contributed by atoms with Crippen molar-refractivity contribution < 1.29 is 42.7 Å². The zero-order valence-electron chi connectivity index (χ0n) is 25.3. The van der Waals surface area contributed by atoms with E-state index in [2.05, 4.69) is 5.32 Å². The Hall–Kier alpha value is -2.28. The predicted octanol–water partition coefficient (Wildman–Crippen LogP) is 3.73. The first kappa shape index (κ1) is 36.7. The first-order valence-corrected chi connectivity index (χ1v) is 14.6. The molecule has 0 saturated heterocycles. The van der Waals surface area contributed by atoms with Gasteiger partial charge in [-0.25, -0.2) is 0 Å². The number of anilines is 1. The fraction of sp³-hybridized carbons (Fsp3) is 0.733. The van der Waals surface area contributed by atoms with E-state index < -0.39 is 5.60 Å². The molecule has 0 aliphatic heterocycles. The highest BCUT2D eigenvalue weighted by molar-refractivity contribution is 5.90. The van der Waals surface area contributed by atoms with Crippen LogP contribution in [0.3, 0.4) is 0 Å². The fourth-order valence-electron chi connectivity index (χ4n) is 3.44. The third kappa shape index (κ3) is 24.1. The van der Waals surface area contributed by atoms with Crippen LogP contribution in [0.1, 0.15) is 59.3 Å². The van der Waals surface area contributed by atoms with Gasteiger partial charge < -0.3 is 44.2 Å². The van der Waals surface area contributed by atoms with Crippen molar-refractivity contribution in [2.45, 2.75) is 64.9 Å². The van der Waals surface area contributed by atoms with E-state index in [0.717, 1.165) is 31.4 Å². The van der Waals surface area contributed by atoms with Crippen LogP contribution >= 0.6 is 0 Å². The molecule has 3 N–H and O–H groups in total. The molecule has 0 aliphatic carbocycles. The Kier molecular flexibility index (Phi) is 21.8. The van der Waals surface area contributed by atoms with E-state index in [1.54, 1.807) is 0 Å². The number of nitrogens with two attached hydrogens (primary N) is 1. The molecule has 0 aliphatic rings. The molecule has 1 aromatic carbocycles. The number of rotatable bonds is 26. The lowest BCUT2D eigenvalue weighted by atomic mass is 10.1. The average Bonchev–Trinajstić information content (AvgIpc) is 2.92. The van der Waals surface area contributed by atoms with Crippen LogP contribution in [0.4, 0.5) is 5.69 Å². The van der Waals surface area contributed by atoms with Crippen LogP contribution in [0.2, 0.25) is 0 Å². The van der Waals surface area contributed by atoms with Gasteiger partial charge in [0.1, 0.15) is 18.0 Å². The normalized spacial score (nSPS) is 11.4. The average molecular weight is 585 g/mol. The lowest BCUT2D eigenvalue weighted by Crippen LogP contribution is -2.23. The summed E-state index contributed by atoms with van der Waals surface area (Å²) in [6.07, 6.45) is 4.21. The highest BCUT2D eigenvalue weighted by atomic mass is 16.6. The molecule has 0 radical (unpaired) electrons. The largest absolute Gasteiger partial charge is 0.491 e. The van der Waals surface area contributed by atoms with Crippen molar-refractivity contribution in [2.75, 3.05) is 84.5 Å². The van der Waals surface area contributed by atoms with E-state index >= 15 is 0 Å². The molecule has 0 fully saturated rings. The van der Waals surface area contributed by atoms with Gasteiger partial charge in [-0.15, -0.1) is 0 Å². The molecule has 11 nitrogen and oxygen atoms in total. The smallest absolute Gasteiger partial charge is 0.306 e. The minimum absolute atomic E-state index is 0.0257. The Bertz CT molecular complexity index is 785. The van der Waals surface area contributed by atoms with Gasteiger partial charge in [0, 0.05) is 25.1 Å². The SMILES string of the molecule is CC(C)(C)OC(=O)CCCCCCC(=O)Nc1ccc(OCCOCCOCCOCCOCCOCCN)cc1. The van der Waals surface area contributed by atoms with E-state index in [-0.39, 0.29) is 11.9 Å². The molecule has 0 spiro atoms. The van der Waals surface area contributed by atoms with Crippen LogP contribution in [-0.2, 0) is 38.0 Å². The van der Waals surface area contributed by atoms with Gasteiger partial charge in [-0.2, -0.15) is 0 Å². The Labute approximate surface area is 245 Å². The third-order valence-electron chi connectivity index (χ3n) is 5.34. The summed E-state index contributed by atoms with van der Waals surface area (Å²) in [5.41, 5.74) is 5.61. The summed E-state index contributed by atoms with van der Waals surface area (Å²) in [6, 6.07) is 7.26. The Morgan fingerprint density at radius 3 is 1.61 bits per heavy atom. The number of carbonyl (C=O) groups is 2. The highest BCUT2D eigenvalue weighted by Gasteiger charge is 2.15. The zero-order valence-corrected chi connectivity index (χ0v) is 25.3. The summed E-state index contributed by atoms with van der Waals surface area (Å²) in [4.78, 5) is 23.9. The molecule has 41 heavy (non-hydrogen) atoms. The molecule has 0 bridgehead atoms. The second-order valence-electron chi connectivity index (χ2n) is 10.3. The summed E-state index contributed by atoms with van der Waals surface area (Å²) in [5, 5.41) is 2.90. The summed E-state index contributed by atoms with van der Waals surface area (Å²) >= 11 is 0. The van der Waals surface area contributed by atoms with Gasteiger partial charge in [-0.05, 0) is 57.9 Å². The van der Waals surface area contributed by atoms with Gasteiger partial charge in [-0.1, -0.05) is 12.8 Å². The van der Waals surface area contributed by atoms with E-state index in [1.807, 2.05) is 45.0 Å². The molecule has 0 aromatic heterocycles. The molecule has 11 heteroatoms. The quantitative estimate of drug-likeness (QED) is 0.122. The van der Waals surface area contributed by atoms with Crippen molar-refractivity contribution in [2.24, 2.45) is 5.73 Å². The van der Waals surface area contributed by atoms with Crippen molar-refractivity contribution >= 4 is 17.6 Å². The number of amides is 1. The molecule has 0 heterocycles. The lowest BCUT2D eigenvalue weighted by molar-refractivity contribution is -0.154. The summed E-state index contributed by atoms with van der Waals surface area (Å²) in [6.45, 7) is 11.6. The van der Waals surface area contributed by atoms with Crippen LogP contribution < -0.4 is 15.8 Å². The molecular formula is C30H52N2O9. The van der Waals surface area contributed by atoms with Crippen LogP contribution in [0.15, 0.2) is 24.3 Å². The highest BCUT2D eigenvalue weighted by Crippen LogP contribution is 2.16. The zero-order chi connectivity index (χ0) is 30.0. The standard InChI is InChI=1S/C30H52N2O9/c1-30(2,3)41-29(34)9-7-5-4-6-8-28(33)32-26-10-12-27(13-11-26)40-25-24-39-23-22-38-21-20-37-19-18-36-17-16-35-15-14-31/h10-13H,4-9,14-25,31H2,1-3H3,(H,32,33). The van der Waals surface area contributed by atoms with E-state index in [9.17, 15) is 9.59 Å². The molecular weight excluding hydrogens is 532 g/mol. The van der Waals surface area contributed by atoms with Crippen LogP contribution in [0.25, 0.3) is 0 Å². The molecule has 0 unspecified atom stereocenters. The van der Waals surface area contributed by atoms with Gasteiger partial charge in [0.2, 0.25) is 5.91 Å². The van der Waals surface area contributed by atoms with Crippen molar-refractivity contribution in [3.8, 4) is 5.75 Å². The van der Waals surface area contributed by atoms with Crippen molar-refractivity contribution in [1.82, 2.24) is 0 Å². The molecule has 0 saturated carbocycles. The number of hydrogen-bond donors (Lipinski definition) is 2. The van der Waals surface area contributed by atoms with E-state index in [0.29, 0.717) is 97.8 Å². The monoisotopic (exact) mass is 584 g/mol. The number of benzene rings is 1. The first-order valence-electron chi connectivity index (χ1n) is 14.6. The maximum Gasteiger partial charge on any atom is 0.306 e. The van der Waals surface area contributed by atoms with Crippen molar-refractivity contribution in [1.29, 1.82) is 0 Å². The van der Waals surface area contributed by atoms with Gasteiger partial charge in [0.15, 0.2) is 0 Å². The Balaban J connectivity index is 1.93. The van der Waals surface area contributed by atoms with Gasteiger partial charge >= 0.3 is 5.97 Å². The fourth-order valence-corrected chi connectivity index (χ4v) is 3.44. The molecule has 0 atom stereocenters. The molecule has 1 amide bonds. The van der Waals surface area contributed by atoms with Gasteiger partial charge in [0.05, 0.1) is 66.1 Å². The van der Waals surface area contributed by atoms with E-state index in [4.69, 9.17) is 38.9 Å². The number of nitrogens with one attached hydrogen (secondary N) is 1. The second kappa shape index (κ2) is 24.3. The minimum atomic E-state index is -0.445.